The third-order valence-corrected chi connectivity index (χ3v) is 6.02. The Hall–Kier alpha value is -1.44. The molecule has 1 saturated heterocycles. The van der Waals surface area contributed by atoms with Crippen molar-refractivity contribution in [1.29, 1.82) is 0 Å². The van der Waals surface area contributed by atoms with E-state index >= 15 is 0 Å². The van der Waals surface area contributed by atoms with Crippen LogP contribution in [-0.4, -0.2) is 27.7 Å². The Labute approximate surface area is 159 Å². The third kappa shape index (κ3) is 5.53. The monoisotopic (exact) mass is 394 g/mol. The number of ether oxygens (including phenoxy) is 1. The normalized spacial score (nSPS) is 17.5. The summed E-state index contributed by atoms with van der Waals surface area (Å²) in [5.74, 6) is 0. The molecule has 0 amide bonds. The van der Waals surface area contributed by atoms with Gasteiger partial charge in [-0.2, -0.15) is 0 Å². The SMILES string of the molecule is O=S(=O)(NCC1CCCO1)c1ccc(CNCc2ccc(Cl)cc2)cc1. The van der Waals surface area contributed by atoms with Crippen LogP contribution in [0.25, 0.3) is 0 Å². The predicted octanol–water partition coefficient (Wildman–Crippen LogP) is 3.09. The molecule has 0 spiro atoms. The number of hydrogen-bond donors (Lipinski definition) is 2. The number of halogens is 1. The molecule has 1 atom stereocenters. The molecule has 5 nitrogen and oxygen atoms in total. The molecule has 1 unspecified atom stereocenters. The smallest absolute Gasteiger partial charge is 0.240 e. The maximum absolute atomic E-state index is 12.3. The zero-order valence-corrected chi connectivity index (χ0v) is 16.0. The van der Waals surface area contributed by atoms with Crippen LogP contribution in [0.2, 0.25) is 5.02 Å². The summed E-state index contributed by atoms with van der Waals surface area (Å²) in [6, 6.07) is 14.6. The predicted molar refractivity (Wildman–Crippen MR) is 103 cm³/mol. The first-order valence-electron chi connectivity index (χ1n) is 8.68. The van der Waals surface area contributed by atoms with E-state index in [9.17, 15) is 8.42 Å². The van der Waals surface area contributed by atoms with Gasteiger partial charge in [-0.1, -0.05) is 35.9 Å². The molecule has 2 aromatic rings. The van der Waals surface area contributed by atoms with Gasteiger partial charge < -0.3 is 10.1 Å². The molecule has 140 valence electrons. The summed E-state index contributed by atoms with van der Waals surface area (Å²) < 4.78 is 32.7. The van der Waals surface area contributed by atoms with Gasteiger partial charge in [0.2, 0.25) is 10.0 Å². The Bertz CT molecular complexity index is 802. The van der Waals surface area contributed by atoms with Gasteiger partial charge in [0.15, 0.2) is 0 Å². The first-order chi connectivity index (χ1) is 12.5. The van der Waals surface area contributed by atoms with Crippen LogP contribution in [0.5, 0.6) is 0 Å². The minimum Gasteiger partial charge on any atom is -0.377 e. The van der Waals surface area contributed by atoms with Crippen LogP contribution in [0.15, 0.2) is 53.4 Å². The van der Waals surface area contributed by atoms with E-state index in [1.165, 1.54) is 0 Å². The van der Waals surface area contributed by atoms with Crippen molar-refractivity contribution in [2.45, 2.75) is 36.9 Å². The van der Waals surface area contributed by atoms with Crippen LogP contribution in [0.3, 0.4) is 0 Å². The molecule has 1 aliphatic rings. The van der Waals surface area contributed by atoms with Gasteiger partial charge in [-0.25, -0.2) is 13.1 Å². The molecule has 1 aliphatic heterocycles. The maximum atomic E-state index is 12.3. The van der Waals surface area contributed by atoms with Crippen molar-refractivity contribution in [2.24, 2.45) is 0 Å². The van der Waals surface area contributed by atoms with Crippen molar-refractivity contribution in [3.63, 3.8) is 0 Å². The van der Waals surface area contributed by atoms with Gasteiger partial charge >= 0.3 is 0 Å². The number of hydrogen-bond acceptors (Lipinski definition) is 4. The molecule has 0 saturated carbocycles. The summed E-state index contributed by atoms with van der Waals surface area (Å²) in [6.45, 7) is 2.42. The van der Waals surface area contributed by atoms with E-state index in [4.69, 9.17) is 16.3 Å². The second-order valence-electron chi connectivity index (χ2n) is 6.36. The van der Waals surface area contributed by atoms with Crippen molar-refractivity contribution in [3.05, 3.63) is 64.7 Å². The highest BCUT2D eigenvalue weighted by atomic mass is 35.5. The van der Waals surface area contributed by atoms with Crippen LogP contribution >= 0.6 is 11.6 Å². The average Bonchev–Trinajstić information content (AvgIpc) is 3.16. The van der Waals surface area contributed by atoms with E-state index in [1.807, 2.05) is 36.4 Å². The number of sulfonamides is 1. The van der Waals surface area contributed by atoms with Crippen molar-refractivity contribution < 1.29 is 13.2 Å². The summed E-state index contributed by atoms with van der Waals surface area (Å²) >= 11 is 5.87. The minimum atomic E-state index is -3.49. The highest BCUT2D eigenvalue weighted by Gasteiger charge is 2.20. The van der Waals surface area contributed by atoms with E-state index in [0.29, 0.717) is 19.7 Å². The highest BCUT2D eigenvalue weighted by Crippen LogP contribution is 2.14. The summed E-state index contributed by atoms with van der Waals surface area (Å²) in [7, 11) is -3.49. The first kappa shape index (κ1) is 19.3. The lowest BCUT2D eigenvalue weighted by atomic mass is 10.2. The van der Waals surface area contributed by atoms with Crippen molar-refractivity contribution in [1.82, 2.24) is 10.0 Å². The standard InChI is InChI=1S/C19H23ClN2O3S/c20-17-7-3-15(4-8-17)12-21-13-16-5-9-19(10-6-16)26(23,24)22-14-18-2-1-11-25-18/h3-10,18,21-22H,1-2,11-14H2. The Morgan fingerprint density at radius 3 is 2.19 bits per heavy atom. The molecule has 7 heteroatoms. The molecule has 2 N–H and O–H groups in total. The maximum Gasteiger partial charge on any atom is 0.240 e. The van der Waals surface area contributed by atoms with E-state index in [0.717, 1.165) is 35.5 Å². The molecule has 0 aromatic heterocycles. The lowest BCUT2D eigenvalue weighted by Gasteiger charge is -2.12. The minimum absolute atomic E-state index is 0.0129. The fourth-order valence-electron chi connectivity index (χ4n) is 2.83. The van der Waals surface area contributed by atoms with Crippen molar-refractivity contribution >= 4 is 21.6 Å². The van der Waals surface area contributed by atoms with E-state index < -0.39 is 10.0 Å². The lowest BCUT2D eigenvalue weighted by molar-refractivity contribution is 0.114. The average molecular weight is 395 g/mol. The van der Waals surface area contributed by atoms with Gasteiger partial charge in [0, 0.05) is 31.3 Å². The van der Waals surface area contributed by atoms with E-state index in [1.54, 1.807) is 12.1 Å². The number of benzene rings is 2. The molecule has 1 fully saturated rings. The molecule has 0 radical (unpaired) electrons. The van der Waals surface area contributed by atoms with Crippen LogP contribution in [-0.2, 0) is 27.8 Å². The van der Waals surface area contributed by atoms with Crippen LogP contribution in [0, 0.1) is 0 Å². The summed E-state index contributed by atoms with van der Waals surface area (Å²) in [4.78, 5) is 0.275. The summed E-state index contributed by atoms with van der Waals surface area (Å²) in [5.41, 5.74) is 2.17. The van der Waals surface area contributed by atoms with Gasteiger partial charge in [-0.05, 0) is 48.2 Å². The lowest BCUT2D eigenvalue weighted by Crippen LogP contribution is -2.31. The molecule has 2 aromatic carbocycles. The van der Waals surface area contributed by atoms with Gasteiger partial charge in [-0.15, -0.1) is 0 Å². The fraction of sp³-hybridized carbons (Fsp3) is 0.368. The zero-order chi connectivity index (χ0) is 18.4. The second-order valence-corrected chi connectivity index (χ2v) is 8.56. The fourth-order valence-corrected chi connectivity index (χ4v) is 4.02. The molecule has 0 aliphatic carbocycles. The summed E-state index contributed by atoms with van der Waals surface area (Å²) in [6.07, 6.45) is 1.88. The van der Waals surface area contributed by atoms with Crippen molar-refractivity contribution in [2.75, 3.05) is 13.2 Å². The Balaban J connectivity index is 1.49. The molecular formula is C19H23ClN2O3S. The first-order valence-corrected chi connectivity index (χ1v) is 10.5. The molecule has 0 bridgehead atoms. The molecule has 26 heavy (non-hydrogen) atoms. The van der Waals surface area contributed by atoms with Crippen LogP contribution < -0.4 is 10.0 Å². The van der Waals surface area contributed by atoms with Gasteiger partial charge in [0.1, 0.15) is 0 Å². The van der Waals surface area contributed by atoms with E-state index in [2.05, 4.69) is 10.0 Å². The number of rotatable bonds is 8. The van der Waals surface area contributed by atoms with Gasteiger partial charge in [-0.3, -0.25) is 0 Å². The van der Waals surface area contributed by atoms with Crippen LogP contribution in [0.4, 0.5) is 0 Å². The van der Waals surface area contributed by atoms with Gasteiger partial charge in [0.25, 0.3) is 0 Å². The highest BCUT2D eigenvalue weighted by molar-refractivity contribution is 7.89. The molecule has 1 heterocycles. The molecule has 3 rings (SSSR count). The van der Waals surface area contributed by atoms with E-state index in [-0.39, 0.29) is 11.0 Å². The Kier molecular flexibility index (Phi) is 6.67. The molecular weight excluding hydrogens is 372 g/mol. The quantitative estimate of drug-likeness (QED) is 0.722. The number of nitrogens with one attached hydrogen (secondary N) is 2. The summed E-state index contributed by atoms with van der Waals surface area (Å²) in [5, 5.41) is 4.05. The topological polar surface area (TPSA) is 67.4 Å². The Morgan fingerprint density at radius 2 is 1.62 bits per heavy atom. The zero-order valence-electron chi connectivity index (χ0n) is 14.4. The Morgan fingerprint density at radius 1 is 1.00 bits per heavy atom. The largest absolute Gasteiger partial charge is 0.377 e. The van der Waals surface area contributed by atoms with Crippen molar-refractivity contribution in [3.8, 4) is 0 Å². The second kappa shape index (κ2) is 8.97. The van der Waals surface area contributed by atoms with Gasteiger partial charge in [0.05, 0.1) is 11.0 Å². The third-order valence-electron chi connectivity index (χ3n) is 4.33. The van der Waals surface area contributed by atoms with Crippen LogP contribution in [0.1, 0.15) is 24.0 Å².